The van der Waals surface area contributed by atoms with E-state index in [1.807, 2.05) is 0 Å². The predicted octanol–water partition coefficient (Wildman–Crippen LogP) is 3.20. The van der Waals surface area contributed by atoms with Gasteiger partial charge in [-0.15, -0.1) is 0 Å². The molecule has 0 saturated carbocycles. The van der Waals surface area contributed by atoms with Crippen LogP contribution in [0.1, 0.15) is 11.1 Å². The Balaban J connectivity index is 2.07. The van der Waals surface area contributed by atoms with E-state index in [0.29, 0.717) is 5.95 Å². The molecule has 0 radical (unpaired) electrons. The van der Waals surface area contributed by atoms with Crippen molar-refractivity contribution in [1.29, 1.82) is 0 Å². The average Bonchev–Trinajstić information content (AvgIpc) is 2.40. The summed E-state index contributed by atoms with van der Waals surface area (Å²) in [6.45, 7) is 2.82. The minimum Gasteiger partial charge on any atom is -0.365 e. The molecule has 2 aromatic rings. The molecule has 18 heavy (non-hydrogen) atoms. The highest BCUT2D eigenvalue weighted by molar-refractivity contribution is 9.10. The van der Waals surface area contributed by atoms with Gasteiger partial charge in [0, 0.05) is 19.8 Å². The molecule has 0 aliphatic carbocycles. The Morgan fingerprint density at radius 3 is 2.61 bits per heavy atom. The summed E-state index contributed by atoms with van der Waals surface area (Å²) in [5.74, 6) is 1.39. The molecule has 0 fully saturated rings. The number of halogens is 1. The Labute approximate surface area is 115 Å². The zero-order valence-corrected chi connectivity index (χ0v) is 12.0. The van der Waals surface area contributed by atoms with E-state index in [-0.39, 0.29) is 0 Å². The van der Waals surface area contributed by atoms with Gasteiger partial charge in [0.2, 0.25) is 5.95 Å². The van der Waals surface area contributed by atoms with Crippen molar-refractivity contribution in [3.63, 3.8) is 0 Å². The van der Waals surface area contributed by atoms with Gasteiger partial charge in [0.1, 0.15) is 5.82 Å². The van der Waals surface area contributed by atoms with Gasteiger partial charge in [-0.25, -0.2) is 4.98 Å². The molecule has 2 rings (SSSR count). The SMILES string of the molecule is CNc1ncc(Br)c(NCc2ccc(C)cc2)n1. The first kappa shape index (κ1) is 12.8. The molecule has 4 nitrogen and oxygen atoms in total. The number of rotatable bonds is 4. The van der Waals surface area contributed by atoms with Crippen molar-refractivity contribution in [3.05, 3.63) is 46.1 Å². The first-order chi connectivity index (χ1) is 8.69. The number of aryl methyl sites for hydroxylation is 1. The van der Waals surface area contributed by atoms with Crippen molar-refractivity contribution in [2.24, 2.45) is 0 Å². The summed E-state index contributed by atoms with van der Waals surface area (Å²) in [5, 5.41) is 6.20. The summed E-state index contributed by atoms with van der Waals surface area (Å²) in [4.78, 5) is 8.46. The van der Waals surface area contributed by atoms with Gasteiger partial charge in [-0.1, -0.05) is 29.8 Å². The van der Waals surface area contributed by atoms with Crippen LogP contribution in [0, 0.1) is 6.92 Å². The van der Waals surface area contributed by atoms with Gasteiger partial charge < -0.3 is 10.6 Å². The lowest BCUT2D eigenvalue weighted by Crippen LogP contribution is -2.05. The smallest absolute Gasteiger partial charge is 0.224 e. The standard InChI is InChI=1S/C13H15BrN4/c1-9-3-5-10(6-4-9)7-16-12-11(14)8-17-13(15-2)18-12/h3-6,8H,7H2,1-2H3,(H2,15,16,17,18). The number of anilines is 2. The lowest BCUT2D eigenvalue weighted by molar-refractivity contribution is 1.07. The lowest BCUT2D eigenvalue weighted by Gasteiger charge is -2.09. The predicted molar refractivity (Wildman–Crippen MR) is 77.8 cm³/mol. The molecular formula is C13H15BrN4. The van der Waals surface area contributed by atoms with Gasteiger partial charge in [-0.05, 0) is 28.4 Å². The molecule has 1 heterocycles. The van der Waals surface area contributed by atoms with E-state index < -0.39 is 0 Å². The first-order valence-electron chi connectivity index (χ1n) is 5.69. The van der Waals surface area contributed by atoms with Crippen molar-refractivity contribution in [2.75, 3.05) is 17.7 Å². The van der Waals surface area contributed by atoms with E-state index in [1.54, 1.807) is 13.2 Å². The Hall–Kier alpha value is -1.62. The zero-order valence-electron chi connectivity index (χ0n) is 10.4. The largest absolute Gasteiger partial charge is 0.365 e. The molecule has 0 amide bonds. The van der Waals surface area contributed by atoms with Crippen LogP contribution >= 0.6 is 15.9 Å². The molecule has 1 aromatic carbocycles. The van der Waals surface area contributed by atoms with Crippen LogP contribution in [0.2, 0.25) is 0 Å². The summed E-state index contributed by atoms with van der Waals surface area (Å²) in [6, 6.07) is 8.42. The average molecular weight is 307 g/mol. The third kappa shape index (κ3) is 3.20. The van der Waals surface area contributed by atoms with Gasteiger partial charge in [0.05, 0.1) is 4.47 Å². The molecular weight excluding hydrogens is 292 g/mol. The van der Waals surface area contributed by atoms with Crippen LogP contribution in [0.15, 0.2) is 34.9 Å². The fourth-order valence-electron chi connectivity index (χ4n) is 1.50. The monoisotopic (exact) mass is 306 g/mol. The van der Waals surface area contributed by atoms with Crippen molar-refractivity contribution < 1.29 is 0 Å². The van der Waals surface area contributed by atoms with Gasteiger partial charge >= 0.3 is 0 Å². The van der Waals surface area contributed by atoms with Crippen molar-refractivity contribution in [1.82, 2.24) is 9.97 Å². The van der Waals surface area contributed by atoms with Gasteiger partial charge in [0.15, 0.2) is 0 Å². The second kappa shape index (κ2) is 5.82. The molecule has 1 aromatic heterocycles. The third-order valence-electron chi connectivity index (χ3n) is 2.55. The van der Waals surface area contributed by atoms with Gasteiger partial charge in [-0.2, -0.15) is 4.98 Å². The van der Waals surface area contributed by atoms with E-state index in [4.69, 9.17) is 0 Å². The first-order valence-corrected chi connectivity index (χ1v) is 6.48. The van der Waals surface area contributed by atoms with Crippen LogP contribution in [-0.2, 0) is 6.54 Å². The summed E-state index contributed by atoms with van der Waals surface area (Å²) in [5.41, 5.74) is 2.48. The maximum Gasteiger partial charge on any atom is 0.224 e. The van der Waals surface area contributed by atoms with Gasteiger partial charge in [-0.3, -0.25) is 0 Å². The number of nitrogens with zero attached hydrogens (tertiary/aromatic N) is 2. The molecule has 0 spiro atoms. The van der Waals surface area contributed by atoms with E-state index in [9.17, 15) is 0 Å². The second-order valence-electron chi connectivity index (χ2n) is 3.98. The second-order valence-corrected chi connectivity index (χ2v) is 4.83. The Morgan fingerprint density at radius 2 is 1.94 bits per heavy atom. The van der Waals surface area contributed by atoms with Crippen molar-refractivity contribution >= 4 is 27.7 Å². The normalized spacial score (nSPS) is 10.2. The summed E-state index contributed by atoms with van der Waals surface area (Å²) >= 11 is 3.43. The van der Waals surface area contributed by atoms with E-state index >= 15 is 0 Å². The summed E-state index contributed by atoms with van der Waals surface area (Å²) in [6.07, 6.45) is 1.73. The molecule has 2 N–H and O–H groups in total. The fourth-order valence-corrected chi connectivity index (χ4v) is 1.83. The number of aromatic nitrogens is 2. The Morgan fingerprint density at radius 1 is 1.22 bits per heavy atom. The molecule has 0 unspecified atom stereocenters. The molecule has 94 valence electrons. The quantitative estimate of drug-likeness (QED) is 0.911. The molecule has 0 bridgehead atoms. The van der Waals surface area contributed by atoms with Crippen LogP contribution < -0.4 is 10.6 Å². The maximum absolute atomic E-state index is 4.34. The Bertz CT molecular complexity index is 525. The van der Waals surface area contributed by atoms with Crippen LogP contribution in [0.3, 0.4) is 0 Å². The topological polar surface area (TPSA) is 49.8 Å². The van der Waals surface area contributed by atoms with Crippen molar-refractivity contribution in [3.8, 4) is 0 Å². The molecule has 0 aliphatic rings. The molecule has 0 atom stereocenters. The van der Waals surface area contributed by atoms with Crippen LogP contribution in [0.25, 0.3) is 0 Å². The molecule has 0 aliphatic heterocycles. The lowest BCUT2D eigenvalue weighted by atomic mass is 10.1. The Kier molecular flexibility index (Phi) is 4.15. The van der Waals surface area contributed by atoms with Crippen molar-refractivity contribution in [2.45, 2.75) is 13.5 Å². The number of benzene rings is 1. The van der Waals surface area contributed by atoms with Gasteiger partial charge in [0.25, 0.3) is 0 Å². The summed E-state index contributed by atoms with van der Waals surface area (Å²) < 4.78 is 0.855. The number of hydrogen-bond donors (Lipinski definition) is 2. The number of hydrogen-bond acceptors (Lipinski definition) is 4. The van der Waals surface area contributed by atoms with Crippen LogP contribution in [0.4, 0.5) is 11.8 Å². The van der Waals surface area contributed by atoms with E-state index in [0.717, 1.165) is 16.8 Å². The zero-order chi connectivity index (χ0) is 13.0. The summed E-state index contributed by atoms with van der Waals surface area (Å²) in [7, 11) is 1.80. The fraction of sp³-hybridized carbons (Fsp3) is 0.231. The maximum atomic E-state index is 4.34. The minimum atomic E-state index is 0.601. The highest BCUT2D eigenvalue weighted by Crippen LogP contribution is 2.20. The van der Waals surface area contributed by atoms with Crippen LogP contribution in [-0.4, -0.2) is 17.0 Å². The molecule has 0 saturated heterocycles. The minimum absolute atomic E-state index is 0.601. The third-order valence-corrected chi connectivity index (χ3v) is 3.13. The van der Waals surface area contributed by atoms with E-state index in [2.05, 4.69) is 67.7 Å². The van der Waals surface area contributed by atoms with E-state index in [1.165, 1.54) is 11.1 Å². The highest BCUT2D eigenvalue weighted by atomic mass is 79.9. The number of nitrogens with one attached hydrogen (secondary N) is 2. The molecule has 5 heteroatoms. The van der Waals surface area contributed by atoms with Crippen LogP contribution in [0.5, 0.6) is 0 Å². The highest BCUT2D eigenvalue weighted by Gasteiger charge is 2.03.